The van der Waals surface area contributed by atoms with E-state index < -0.39 is 18.1 Å². The van der Waals surface area contributed by atoms with Crippen LogP contribution in [0.5, 0.6) is 0 Å². The summed E-state index contributed by atoms with van der Waals surface area (Å²) in [6.07, 6.45) is 6.09. The Labute approximate surface area is 249 Å². The number of pyridine rings is 1. The topological polar surface area (TPSA) is 133 Å². The quantitative estimate of drug-likeness (QED) is 0.271. The fourth-order valence-electron chi connectivity index (χ4n) is 5.96. The van der Waals surface area contributed by atoms with Crippen LogP contribution in [0.2, 0.25) is 0 Å². The Morgan fingerprint density at radius 3 is 2.67 bits per heavy atom. The number of hydrogen-bond acceptors (Lipinski definition) is 6. The second-order valence-electron chi connectivity index (χ2n) is 11.2. The lowest BCUT2D eigenvalue weighted by Gasteiger charge is -2.40. The van der Waals surface area contributed by atoms with Gasteiger partial charge in [-0.25, -0.2) is 14.4 Å². The van der Waals surface area contributed by atoms with E-state index in [1.165, 1.54) is 0 Å². The Morgan fingerprint density at radius 1 is 1.12 bits per heavy atom. The number of carbonyl (C=O) groups excluding carboxylic acids is 3. The number of carbonyl (C=O) groups is 3. The highest BCUT2D eigenvalue weighted by Crippen LogP contribution is 2.28. The van der Waals surface area contributed by atoms with Gasteiger partial charge in [-0.15, -0.1) is 0 Å². The number of para-hydroxylation sites is 1. The molecule has 2 unspecified atom stereocenters. The summed E-state index contributed by atoms with van der Waals surface area (Å²) in [6, 6.07) is 14.0. The molecule has 2 aliphatic heterocycles. The molecule has 0 spiro atoms. The van der Waals surface area contributed by atoms with Gasteiger partial charge in [-0.1, -0.05) is 24.3 Å². The van der Waals surface area contributed by atoms with Crippen molar-refractivity contribution >= 4 is 34.6 Å². The smallest absolute Gasteiger partial charge is 0.329 e. The summed E-state index contributed by atoms with van der Waals surface area (Å²) in [7, 11) is 0. The lowest BCUT2D eigenvalue weighted by molar-refractivity contribution is -0.151. The van der Waals surface area contributed by atoms with Crippen LogP contribution in [0.3, 0.4) is 0 Å². The number of ether oxygens (including phenoxy) is 1. The molecule has 222 valence electrons. The fraction of sp³-hybridized carbons (Fsp3) is 0.344. The number of anilines is 1. The highest BCUT2D eigenvalue weighted by atomic mass is 16.5. The van der Waals surface area contributed by atoms with Crippen molar-refractivity contribution < 1.29 is 19.1 Å². The van der Waals surface area contributed by atoms with Crippen molar-refractivity contribution in [3.05, 3.63) is 89.4 Å². The summed E-state index contributed by atoms with van der Waals surface area (Å²) >= 11 is 0. The second kappa shape index (κ2) is 12.1. The Hall–Kier alpha value is -4.93. The van der Waals surface area contributed by atoms with Crippen LogP contribution < -0.4 is 10.6 Å². The first-order chi connectivity index (χ1) is 20.9. The number of urea groups is 2. The third kappa shape index (κ3) is 6.15. The van der Waals surface area contributed by atoms with Gasteiger partial charge in [0.05, 0.1) is 11.7 Å². The second-order valence-corrected chi connectivity index (χ2v) is 11.2. The number of nitrogens with one attached hydrogen (secondary N) is 3. The molecular formula is C32H35N7O4. The van der Waals surface area contributed by atoms with E-state index in [4.69, 9.17) is 4.74 Å². The first-order valence-corrected chi connectivity index (χ1v) is 14.6. The number of nitrogens with zero attached hydrogens (tertiary/aromatic N) is 4. The molecule has 43 heavy (non-hydrogen) atoms. The number of piperidine rings is 1. The van der Waals surface area contributed by atoms with Crippen molar-refractivity contribution in [1.29, 1.82) is 0 Å². The molecule has 4 aromatic rings. The van der Waals surface area contributed by atoms with Gasteiger partial charge in [-0.05, 0) is 73.2 Å². The van der Waals surface area contributed by atoms with Gasteiger partial charge in [0.15, 0.2) is 0 Å². The largest absolute Gasteiger partial charge is 0.456 e. The fourth-order valence-corrected chi connectivity index (χ4v) is 5.96. The third-order valence-electron chi connectivity index (χ3n) is 8.35. The average Bonchev–Trinajstić information content (AvgIpc) is 3.50. The summed E-state index contributed by atoms with van der Waals surface area (Å²) in [4.78, 5) is 47.4. The number of esters is 1. The lowest BCUT2D eigenvalue weighted by Crippen LogP contribution is -2.55. The summed E-state index contributed by atoms with van der Waals surface area (Å²) in [6.45, 7) is 5.26. The number of amides is 4. The SMILES string of the molecule is Cc1cc(CC(NC(=O)N2CCC(N3Cc4ccccc4NC3=O)CC2)C(=O)OC(C)c2ccncc2)cc2cn[nH]c12. The van der Waals surface area contributed by atoms with Crippen molar-refractivity contribution in [3.63, 3.8) is 0 Å². The predicted octanol–water partition coefficient (Wildman–Crippen LogP) is 4.70. The maximum Gasteiger partial charge on any atom is 0.329 e. The molecule has 11 heteroatoms. The van der Waals surface area contributed by atoms with Crippen molar-refractivity contribution in [2.75, 3.05) is 18.4 Å². The van der Waals surface area contributed by atoms with Gasteiger partial charge in [-0.3, -0.25) is 10.1 Å². The number of aromatic amines is 1. The van der Waals surface area contributed by atoms with Crippen LogP contribution in [0, 0.1) is 6.92 Å². The monoisotopic (exact) mass is 581 g/mol. The minimum absolute atomic E-state index is 0.0176. The van der Waals surface area contributed by atoms with Gasteiger partial charge in [0, 0.05) is 55.6 Å². The number of rotatable bonds is 7. The Morgan fingerprint density at radius 2 is 1.88 bits per heavy atom. The standard InChI is InChI=1S/C32H35N7O4/c1-20-15-22(16-25-18-34-37-29(20)25)17-28(30(40)43-21(2)23-7-11-33-12-8-23)36-31(41)38-13-9-26(10-14-38)39-19-24-5-3-4-6-27(24)35-32(39)42/h3-8,11-12,15-16,18,21,26,28H,9-10,13-14,17,19H2,1-2H3,(H,34,37)(H,35,42)(H,36,41). The van der Waals surface area contributed by atoms with E-state index in [9.17, 15) is 14.4 Å². The molecule has 3 N–H and O–H groups in total. The van der Waals surface area contributed by atoms with Crippen LogP contribution in [0.4, 0.5) is 15.3 Å². The molecule has 6 rings (SSSR count). The normalized spacial score (nSPS) is 16.7. The minimum Gasteiger partial charge on any atom is -0.456 e. The van der Waals surface area contributed by atoms with Crippen molar-refractivity contribution in [3.8, 4) is 0 Å². The molecule has 0 saturated carbocycles. The van der Waals surface area contributed by atoms with E-state index in [0.717, 1.165) is 38.8 Å². The summed E-state index contributed by atoms with van der Waals surface area (Å²) in [5.41, 5.74) is 5.56. The van der Waals surface area contributed by atoms with Gasteiger partial charge in [0.25, 0.3) is 0 Å². The lowest BCUT2D eigenvalue weighted by atomic mass is 10.0. The summed E-state index contributed by atoms with van der Waals surface area (Å²) in [5.74, 6) is -0.513. The zero-order valence-corrected chi connectivity index (χ0v) is 24.2. The predicted molar refractivity (Wildman–Crippen MR) is 161 cm³/mol. The van der Waals surface area contributed by atoms with Crippen LogP contribution in [-0.4, -0.2) is 68.2 Å². The van der Waals surface area contributed by atoms with Crippen LogP contribution in [0.15, 0.2) is 67.1 Å². The van der Waals surface area contributed by atoms with Crippen LogP contribution in [-0.2, 0) is 22.5 Å². The number of aryl methyl sites for hydroxylation is 1. The molecule has 1 saturated heterocycles. The van der Waals surface area contributed by atoms with Gasteiger partial charge in [-0.2, -0.15) is 5.10 Å². The zero-order chi connectivity index (χ0) is 29.9. The van der Waals surface area contributed by atoms with E-state index in [1.54, 1.807) is 42.5 Å². The molecule has 11 nitrogen and oxygen atoms in total. The molecule has 4 heterocycles. The number of likely N-dealkylation sites (tertiary alicyclic amines) is 1. The molecule has 4 amide bonds. The van der Waals surface area contributed by atoms with Gasteiger partial charge >= 0.3 is 18.0 Å². The van der Waals surface area contributed by atoms with Crippen LogP contribution in [0.25, 0.3) is 10.9 Å². The van der Waals surface area contributed by atoms with E-state index in [1.807, 2.05) is 48.2 Å². The highest BCUT2D eigenvalue weighted by molar-refractivity contribution is 5.92. The van der Waals surface area contributed by atoms with Gasteiger partial charge in [0.1, 0.15) is 12.1 Å². The number of H-pyrrole nitrogens is 1. The van der Waals surface area contributed by atoms with Gasteiger partial charge in [0.2, 0.25) is 0 Å². The molecule has 1 fully saturated rings. The maximum absolute atomic E-state index is 13.5. The van der Waals surface area contributed by atoms with E-state index in [-0.39, 0.29) is 24.5 Å². The average molecular weight is 582 g/mol. The summed E-state index contributed by atoms with van der Waals surface area (Å²) in [5, 5.41) is 14.0. The van der Waals surface area contributed by atoms with Crippen molar-refractivity contribution in [2.45, 2.75) is 57.8 Å². The number of aromatic nitrogens is 3. The van der Waals surface area contributed by atoms with E-state index >= 15 is 0 Å². The molecular weight excluding hydrogens is 546 g/mol. The number of fused-ring (bicyclic) bond motifs is 2. The number of benzene rings is 2. The molecule has 2 aromatic heterocycles. The molecule has 2 aliphatic rings. The molecule has 0 bridgehead atoms. The molecule has 2 atom stereocenters. The Balaban J connectivity index is 1.13. The molecule has 0 aliphatic carbocycles. The Kier molecular flexibility index (Phi) is 7.95. The van der Waals surface area contributed by atoms with E-state index in [2.05, 4.69) is 25.8 Å². The van der Waals surface area contributed by atoms with Crippen LogP contribution >= 0.6 is 0 Å². The highest BCUT2D eigenvalue weighted by Gasteiger charge is 2.34. The zero-order valence-electron chi connectivity index (χ0n) is 24.2. The van der Waals surface area contributed by atoms with Crippen LogP contribution in [0.1, 0.15) is 48.1 Å². The van der Waals surface area contributed by atoms with Crippen molar-refractivity contribution in [1.82, 2.24) is 30.3 Å². The molecule has 0 radical (unpaired) electrons. The first-order valence-electron chi connectivity index (χ1n) is 14.6. The first kappa shape index (κ1) is 28.2. The molecule has 2 aromatic carbocycles. The summed E-state index contributed by atoms with van der Waals surface area (Å²) < 4.78 is 5.83. The Bertz CT molecular complexity index is 1630. The minimum atomic E-state index is -0.900. The van der Waals surface area contributed by atoms with Gasteiger partial charge < -0.3 is 25.2 Å². The van der Waals surface area contributed by atoms with Crippen molar-refractivity contribution in [2.24, 2.45) is 0 Å². The number of hydrogen-bond donors (Lipinski definition) is 3. The van der Waals surface area contributed by atoms with E-state index in [0.29, 0.717) is 32.5 Å². The third-order valence-corrected chi connectivity index (χ3v) is 8.35. The maximum atomic E-state index is 13.5.